The van der Waals surface area contributed by atoms with Gasteiger partial charge in [-0.1, -0.05) is 18.2 Å². The van der Waals surface area contributed by atoms with E-state index in [1.807, 2.05) is 36.5 Å². The molecule has 4 rings (SSSR count). The molecule has 0 bridgehead atoms. The minimum atomic E-state index is 0.773. The number of nitrogens with zero attached hydrogens (tertiary/aromatic N) is 4. The normalized spacial score (nSPS) is 13.2. The second-order valence-corrected chi connectivity index (χ2v) is 5.37. The SMILES string of the molecule is Cn1nccc1Cn1cncc1-c1cccc2c1NCC2. The van der Waals surface area contributed by atoms with Crippen molar-refractivity contribution in [3.05, 3.63) is 54.2 Å². The summed E-state index contributed by atoms with van der Waals surface area (Å²) in [5.41, 5.74) is 6.17. The van der Waals surface area contributed by atoms with Gasteiger partial charge in [-0.05, 0) is 18.1 Å². The van der Waals surface area contributed by atoms with Gasteiger partial charge in [-0.2, -0.15) is 5.10 Å². The Kier molecular flexibility index (Phi) is 2.77. The highest BCUT2D eigenvalue weighted by Gasteiger charge is 2.17. The van der Waals surface area contributed by atoms with Crippen LogP contribution in [-0.4, -0.2) is 25.9 Å². The van der Waals surface area contributed by atoms with Crippen LogP contribution in [0.1, 0.15) is 11.3 Å². The summed E-state index contributed by atoms with van der Waals surface area (Å²) in [6.07, 6.45) is 6.75. The van der Waals surface area contributed by atoms with E-state index in [1.54, 1.807) is 0 Å². The van der Waals surface area contributed by atoms with Crippen LogP contribution in [0.25, 0.3) is 11.3 Å². The van der Waals surface area contributed by atoms with Gasteiger partial charge >= 0.3 is 0 Å². The molecule has 1 aromatic carbocycles. The Bertz CT molecular complexity index is 784. The maximum atomic E-state index is 4.34. The number of imidazole rings is 1. The summed E-state index contributed by atoms with van der Waals surface area (Å²) in [6.45, 7) is 1.79. The Morgan fingerprint density at radius 3 is 3.10 bits per heavy atom. The third-order valence-corrected chi connectivity index (χ3v) is 4.09. The minimum absolute atomic E-state index is 0.773. The molecule has 3 aromatic rings. The third-order valence-electron chi connectivity index (χ3n) is 4.09. The van der Waals surface area contributed by atoms with Gasteiger partial charge in [-0.25, -0.2) is 4.98 Å². The average Bonchev–Trinajstić information content (AvgIpc) is 3.21. The van der Waals surface area contributed by atoms with Gasteiger partial charge in [-0.3, -0.25) is 4.68 Å². The number of aromatic nitrogens is 4. The zero-order valence-electron chi connectivity index (χ0n) is 12.0. The van der Waals surface area contributed by atoms with E-state index in [0.29, 0.717) is 0 Å². The molecule has 0 unspecified atom stereocenters. The zero-order valence-corrected chi connectivity index (χ0v) is 12.0. The van der Waals surface area contributed by atoms with Crippen LogP contribution < -0.4 is 5.32 Å². The number of hydrogen-bond donors (Lipinski definition) is 1. The van der Waals surface area contributed by atoms with Crippen molar-refractivity contribution in [1.29, 1.82) is 0 Å². The van der Waals surface area contributed by atoms with Gasteiger partial charge in [0.25, 0.3) is 0 Å². The molecule has 0 amide bonds. The van der Waals surface area contributed by atoms with Crippen LogP contribution in [0.5, 0.6) is 0 Å². The maximum Gasteiger partial charge on any atom is 0.0954 e. The number of nitrogens with one attached hydrogen (secondary N) is 1. The summed E-state index contributed by atoms with van der Waals surface area (Å²) in [5, 5.41) is 7.72. The molecule has 2 aromatic heterocycles. The summed E-state index contributed by atoms with van der Waals surface area (Å²) in [4.78, 5) is 4.34. The number of hydrogen-bond acceptors (Lipinski definition) is 3. The van der Waals surface area contributed by atoms with Crippen molar-refractivity contribution in [2.45, 2.75) is 13.0 Å². The van der Waals surface area contributed by atoms with Gasteiger partial charge in [-0.15, -0.1) is 0 Å². The Morgan fingerprint density at radius 1 is 1.29 bits per heavy atom. The highest BCUT2D eigenvalue weighted by molar-refractivity contribution is 5.79. The van der Waals surface area contributed by atoms with Gasteiger partial charge in [0.15, 0.2) is 0 Å². The summed E-state index contributed by atoms with van der Waals surface area (Å²) in [5.74, 6) is 0. The first-order chi connectivity index (χ1) is 10.3. The van der Waals surface area contributed by atoms with Crippen LogP contribution in [0.2, 0.25) is 0 Å². The van der Waals surface area contributed by atoms with Crippen LogP contribution in [0, 0.1) is 0 Å². The summed E-state index contributed by atoms with van der Waals surface area (Å²) >= 11 is 0. The Morgan fingerprint density at radius 2 is 2.24 bits per heavy atom. The molecule has 5 heteroatoms. The Labute approximate surface area is 123 Å². The molecule has 106 valence electrons. The monoisotopic (exact) mass is 279 g/mol. The van der Waals surface area contributed by atoms with Crippen molar-refractivity contribution >= 4 is 5.69 Å². The van der Waals surface area contributed by atoms with Crippen molar-refractivity contribution in [3.8, 4) is 11.3 Å². The average molecular weight is 279 g/mol. The molecule has 1 N–H and O–H groups in total. The largest absolute Gasteiger partial charge is 0.384 e. The second kappa shape index (κ2) is 4.77. The Hall–Kier alpha value is -2.56. The lowest BCUT2D eigenvalue weighted by atomic mass is 10.1. The predicted molar refractivity (Wildman–Crippen MR) is 82.2 cm³/mol. The second-order valence-electron chi connectivity index (χ2n) is 5.37. The first-order valence-electron chi connectivity index (χ1n) is 7.16. The van der Waals surface area contributed by atoms with Crippen LogP contribution in [0.15, 0.2) is 43.0 Å². The van der Waals surface area contributed by atoms with E-state index in [0.717, 1.165) is 30.9 Å². The van der Waals surface area contributed by atoms with Crippen molar-refractivity contribution in [3.63, 3.8) is 0 Å². The predicted octanol–water partition coefficient (Wildman–Crippen LogP) is 2.30. The molecule has 0 saturated heterocycles. The number of para-hydroxylation sites is 1. The maximum absolute atomic E-state index is 4.34. The summed E-state index contributed by atoms with van der Waals surface area (Å²) in [6, 6.07) is 8.52. The fourth-order valence-corrected chi connectivity index (χ4v) is 2.95. The van der Waals surface area contributed by atoms with Crippen LogP contribution in [0.4, 0.5) is 5.69 Å². The number of aryl methyl sites for hydroxylation is 1. The highest BCUT2D eigenvalue weighted by Crippen LogP contribution is 2.34. The van der Waals surface area contributed by atoms with Crippen LogP contribution >= 0.6 is 0 Å². The lowest BCUT2D eigenvalue weighted by molar-refractivity contribution is 0.669. The van der Waals surface area contributed by atoms with E-state index in [1.165, 1.54) is 16.8 Å². The Balaban J connectivity index is 1.76. The lowest BCUT2D eigenvalue weighted by Crippen LogP contribution is -2.06. The van der Waals surface area contributed by atoms with Crippen LogP contribution in [0.3, 0.4) is 0 Å². The third kappa shape index (κ3) is 2.01. The molecule has 1 aliphatic rings. The van der Waals surface area contributed by atoms with E-state index < -0.39 is 0 Å². The topological polar surface area (TPSA) is 47.7 Å². The molecule has 0 radical (unpaired) electrons. The minimum Gasteiger partial charge on any atom is -0.384 e. The van der Waals surface area contributed by atoms with E-state index in [4.69, 9.17) is 0 Å². The van der Waals surface area contributed by atoms with Gasteiger partial charge in [0.2, 0.25) is 0 Å². The van der Waals surface area contributed by atoms with E-state index in [-0.39, 0.29) is 0 Å². The van der Waals surface area contributed by atoms with Gasteiger partial charge in [0, 0.05) is 31.0 Å². The zero-order chi connectivity index (χ0) is 14.2. The molecule has 0 saturated carbocycles. The number of anilines is 1. The fraction of sp³-hybridized carbons (Fsp3) is 0.250. The quantitative estimate of drug-likeness (QED) is 0.800. The molecule has 3 heterocycles. The number of rotatable bonds is 3. The number of benzene rings is 1. The molecule has 0 fully saturated rings. The van der Waals surface area contributed by atoms with Crippen LogP contribution in [-0.2, 0) is 20.0 Å². The summed E-state index contributed by atoms with van der Waals surface area (Å²) in [7, 11) is 1.97. The first-order valence-corrected chi connectivity index (χ1v) is 7.16. The lowest BCUT2D eigenvalue weighted by Gasteiger charge is -2.12. The smallest absolute Gasteiger partial charge is 0.0954 e. The molecule has 1 aliphatic heterocycles. The molecule has 0 atom stereocenters. The van der Waals surface area contributed by atoms with Crippen molar-refractivity contribution in [2.75, 3.05) is 11.9 Å². The number of fused-ring (bicyclic) bond motifs is 1. The van der Waals surface area contributed by atoms with E-state index in [2.05, 4.69) is 38.2 Å². The fourth-order valence-electron chi connectivity index (χ4n) is 2.95. The molecule has 0 aliphatic carbocycles. The van der Waals surface area contributed by atoms with Gasteiger partial charge < -0.3 is 9.88 Å². The molecular formula is C16H17N5. The highest BCUT2D eigenvalue weighted by atomic mass is 15.3. The van der Waals surface area contributed by atoms with E-state index >= 15 is 0 Å². The van der Waals surface area contributed by atoms with Gasteiger partial charge in [0.05, 0.1) is 30.5 Å². The van der Waals surface area contributed by atoms with E-state index in [9.17, 15) is 0 Å². The molecule has 21 heavy (non-hydrogen) atoms. The van der Waals surface area contributed by atoms with Crippen molar-refractivity contribution < 1.29 is 0 Å². The summed E-state index contributed by atoms with van der Waals surface area (Å²) < 4.78 is 4.07. The van der Waals surface area contributed by atoms with Gasteiger partial charge in [0.1, 0.15) is 0 Å². The molecule has 0 spiro atoms. The van der Waals surface area contributed by atoms with Crippen molar-refractivity contribution in [1.82, 2.24) is 19.3 Å². The first kappa shape index (κ1) is 12.2. The molecular weight excluding hydrogens is 262 g/mol. The van der Waals surface area contributed by atoms with Crippen molar-refractivity contribution in [2.24, 2.45) is 7.05 Å². The standard InChI is InChI=1S/C16H17N5/c1-20-13(6-8-19-20)10-21-11-17-9-15(21)14-4-2-3-12-5-7-18-16(12)14/h2-4,6,8-9,11,18H,5,7,10H2,1H3. The molecule has 5 nitrogen and oxygen atoms in total.